The van der Waals surface area contributed by atoms with Crippen molar-refractivity contribution in [2.75, 3.05) is 18.2 Å². The molecule has 1 saturated heterocycles. The number of carbonyl (C=O) groups is 2. The fourth-order valence-corrected chi connectivity index (χ4v) is 4.19. The first-order valence-electron chi connectivity index (χ1n) is 9.56. The Morgan fingerprint density at radius 3 is 2.97 bits per heavy atom. The molecule has 0 radical (unpaired) electrons. The Kier molecular flexibility index (Phi) is 4.66. The summed E-state index contributed by atoms with van der Waals surface area (Å²) in [5, 5.41) is 5.77. The number of rotatable bonds is 5. The van der Waals surface area contributed by atoms with Gasteiger partial charge in [0, 0.05) is 30.1 Å². The summed E-state index contributed by atoms with van der Waals surface area (Å²) >= 11 is 1.56. The zero-order valence-corrected chi connectivity index (χ0v) is 17.0. The molecule has 2 aliphatic heterocycles. The molecule has 1 fully saturated rings. The first-order valence-corrected chi connectivity index (χ1v) is 10.4. The van der Waals surface area contributed by atoms with Gasteiger partial charge >= 0.3 is 0 Å². The summed E-state index contributed by atoms with van der Waals surface area (Å²) < 4.78 is 16.5. The van der Waals surface area contributed by atoms with Gasteiger partial charge in [-0.2, -0.15) is 0 Å². The summed E-state index contributed by atoms with van der Waals surface area (Å²) in [5.41, 5.74) is 1.49. The van der Waals surface area contributed by atoms with Crippen molar-refractivity contribution in [1.82, 2.24) is 10.3 Å². The maximum absolute atomic E-state index is 12.6. The predicted molar refractivity (Wildman–Crippen MR) is 109 cm³/mol. The number of hydrogen-bond acceptors (Lipinski definition) is 7. The molecule has 0 bridgehead atoms. The van der Waals surface area contributed by atoms with Crippen LogP contribution in [0.3, 0.4) is 0 Å². The zero-order chi connectivity index (χ0) is 20.7. The molecule has 0 aliphatic carbocycles. The molecule has 4 heterocycles. The summed E-state index contributed by atoms with van der Waals surface area (Å²) in [6.45, 7) is 2.70. The lowest BCUT2D eigenvalue weighted by Crippen LogP contribution is -2.32. The average Bonchev–Trinajstić information content (AvgIpc) is 3.52. The Balaban J connectivity index is 1.20. The minimum absolute atomic E-state index is 0.0896. The third kappa shape index (κ3) is 3.52. The number of thiazole rings is 1. The van der Waals surface area contributed by atoms with Crippen LogP contribution >= 0.6 is 11.3 Å². The molecule has 1 atom stereocenters. The molecular formula is C21H19N3O5S. The summed E-state index contributed by atoms with van der Waals surface area (Å²) in [6, 6.07) is 9.01. The first kappa shape index (κ1) is 18.7. The Labute approximate surface area is 176 Å². The van der Waals surface area contributed by atoms with Crippen molar-refractivity contribution in [3.8, 4) is 23.0 Å². The fourth-order valence-electron chi connectivity index (χ4n) is 3.59. The molecule has 2 aromatic heterocycles. The number of amides is 2. The van der Waals surface area contributed by atoms with E-state index in [1.165, 1.54) is 0 Å². The van der Waals surface area contributed by atoms with Gasteiger partial charge in [-0.15, -0.1) is 11.3 Å². The third-order valence-electron chi connectivity index (χ3n) is 5.13. The van der Waals surface area contributed by atoms with Crippen molar-refractivity contribution < 1.29 is 23.5 Å². The van der Waals surface area contributed by atoms with Crippen molar-refractivity contribution in [3.05, 3.63) is 46.5 Å². The summed E-state index contributed by atoms with van der Waals surface area (Å²) in [4.78, 5) is 31.1. The van der Waals surface area contributed by atoms with Crippen LogP contribution in [0.5, 0.6) is 11.5 Å². The summed E-state index contributed by atoms with van der Waals surface area (Å²) in [7, 11) is 0. The number of fused-ring (bicyclic) bond motifs is 1. The summed E-state index contributed by atoms with van der Waals surface area (Å²) in [6.07, 6.45) is 0.168. The highest BCUT2D eigenvalue weighted by atomic mass is 32.1. The van der Waals surface area contributed by atoms with Crippen molar-refractivity contribution >= 4 is 28.8 Å². The molecule has 8 nitrogen and oxygen atoms in total. The second kappa shape index (κ2) is 7.49. The lowest BCUT2D eigenvalue weighted by Gasteiger charge is -2.17. The second-order valence-electron chi connectivity index (χ2n) is 7.18. The zero-order valence-electron chi connectivity index (χ0n) is 16.2. The van der Waals surface area contributed by atoms with Gasteiger partial charge in [0.05, 0.1) is 17.5 Å². The normalized spacial score (nSPS) is 17.6. The van der Waals surface area contributed by atoms with Gasteiger partial charge in [-0.3, -0.25) is 9.59 Å². The molecule has 9 heteroatoms. The highest BCUT2D eigenvalue weighted by molar-refractivity contribution is 7.09. The maximum atomic E-state index is 12.6. The number of nitrogens with zero attached hydrogens (tertiary/aromatic N) is 2. The molecule has 2 amide bonds. The number of nitrogens with one attached hydrogen (secondary N) is 1. The van der Waals surface area contributed by atoms with Crippen LogP contribution in [0.1, 0.15) is 17.2 Å². The number of benzene rings is 1. The molecular weight excluding hydrogens is 406 g/mol. The topological polar surface area (TPSA) is 93.9 Å². The second-order valence-corrected chi connectivity index (χ2v) is 8.24. The van der Waals surface area contributed by atoms with Crippen LogP contribution in [0.25, 0.3) is 11.5 Å². The number of furan rings is 1. The van der Waals surface area contributed by atoms with Gasteiger partial charge in [-0.1, -0.05) is 0 Å². The van der Waals surface area contributed by atoms with E-state index in [9.17, 15) is 9.59 Å². The lowest BCUT2D eigenvalue weighted by atomic mass is 10.1. The van der Waals surface area contributed by atoms with E-state index in [0.717, 1.165) is 10.7 Å². The van der Waals surface area contributed by atoms with Gasteiger partial charge < -0.3 is 24.1 Å². The minimum Gasteiger partial charge on any atom is -0.458 e. The van der Waals surface area contributed by atoms with Gasteiger partial charge in [-0.05, 0) is 31.2 Å². The molecule has 0 saturated carbocycles. The van der Waals surface area contributed by atoms with Crippen LogP contribution in [0, 0.1) is 12.8 Å². The van der Waals surface area contributed by atoms with E-state index < -0.39 is 5.92 Å². The van der Waals surface area contributed by atoms with E-state index in [1.807, 2.05) is 24.4 Å². The maximum Gasteiger partial charge on any atom is 0.231 e. The average molecular weight is 425 g/mol. The van der Waals surface area contributed by atoms with E-state index in [4.69, 9.17) is 13.9 Å². The third-order valence-corrected chi connectivity index (χ3v) is 5.91. The Bertz CT molecular complexity index is 1120. The largest absolute Gasteiger partial charge is 0.458 e. The van der Waals surface area contributed by atoms with E-state index in [1.54, 1.807) is 34.4 Å². The van der Waals surface area contributed by atoms with Crippen molar-refractivity contribution in [3.63, 3.8) is 0 Å². The van der Waals surface area contributed by atoms with E-state index >= 15 is 0 Å². The van der Waals surface area contributed by atoms with E-state index in [0.29, 0.717) is 35.3 Å². The molecule has 5 rings (SSSR count). The van der Waals surface area contributed by atoms with Gasteiger partial charge in [0.2, 0.25) is 18.6 Å². The van der Waals surface area contributed by atoms with Gasteiger partial charge in [-0.25, -0.2) is 4.98 Å². The molecule has 1 N–H and O–H groups in total. The standard InChI is InChI=1S/C21H19N3O5S/c1-12-23-16(10-30-12)17-5-3-15(29-17)8-22-21(26)13-6-20(25)24(9-13)14-2-4-18-19(7-14)28-11-27-18/h2-5,7,10,13H,6,8-9,11H2,1H3,(H,22,26). The Hall–Kier alpha value is -3.33. The Morgan fingerprint density at radius 1 is 1.27 bits per heavy atom. The highest BCUT2D eigenvalue weighted by Gasteiger charge is 2.35. The lowest BCUT2D eigenvalue weighted by molar-refractivity contribution is -0.126. The first-order chi connectivity index (χ1) is 14.6. The van der Waals surface area contributed by atoms with Gasteiger partial charge in [0.15, 0.2) is 17.3 Å². The smallest absolute Gasteiger partial charge is 0.231 e. The molecule has 2 aliphatic rings. The molecule has 154 valence electrons. The van der Waals surface area contributed by atoms with E-state index in [-0.39, 0.29) is 31.6 Å². The number of anilines is 1. The number of hydrogen-bond donors (Lipinski definition) is 1. The van der Waals surface area contributed by atoms with Gasteiger partial charge in [0.1, 0.15) is 11.5 Å². The number of aryl methyl sites for hydroxylation is 1. The Morgan fingerprint density at radius 2 is 2.13 bits per heavy atom. The van der Waals surface area contributed by atoms with Crippen LogP contribution in [0.15, 0.2) is 40.1 Å². The summed E-state index contributed by atoms with van der Waals surface area (Å²) in [5.74, 6) is 1.90. The van der Waals surface area contributed by atoms with Crippen molar-refractivity contribution in [2.45, 2.75) is 19.9 Å². The van der Waals surface area contributed by atoms with Gasteiger partial charge in [0.25, 0.3) is 0 Å². The number of ether oxygens (including phenoxy) is 2. The predicted octanol–water partition coefficient (Wildman–Crippen LogP) is 3.11. The van der Waals surface area contributed by atoms with Crippen LogP contribution < -0.4 is 19.7 Å². The van der Waals surface area contributed by atoms with Crippen LogP contribution in [-0.2, 0) is 16.1 Å². The monoisotopic (exact) mass is 425 g/mol. The molecule has 0 spiro atoms. The highest BCUT2D eigenvalue weighted by Crippen LogP contribution is 2.37. The molecule has 3 aromatic rings. The molecule has 1 unspecified atom stereocenters. The van der Waals surface area contributed by atoms with Crippen molar-refractivity contribution in [2.24, 2.45) is 5.92 Å². The number of aromatic nitrogens is 1. The van der Waals surface area contributed by atoms with Crippen LogP contribution in [-0.4, -0.2) is 30.1 Å². The number of carbonyl (C=O) groups excluding carboxylic acids is 2. The SMILES string of the molecule is Cc1nc(-c2ccc(CNC(=O)C3CC(=O)N(c4ccc5c(c4)OCO5)C3)o2)cs1. The van der Waals surface area contributed by atoms with E-state index in [2.05, 4.69) is 10.3 Å². The van der Waals surface area contributed by atoms with Crippen molar-refractivity contribution in [1.29, 1.82) is 0 Å². The fraction of sp³-hybridized carbons (Fsp3) is 0.286. The van der Waals surface area contributed by atoms with Crippen LogP contribution in [0.4, 0.5) is 5.69 Å². The molecule has 30 heavy (non-hydrogen) atoms. The van der Waals surface area contributed by atoms with Crippen LogP contribution in [0.2, 0.25) is 0 Å². The quantitative estimate of drug-likeness (QED) is 0.675. The minimum atomic E-state index is -0.418. The molecule has 1 aromatic carbocycles.